The van der Waals surface area contributed by atoms with Crippen LogP contribution < -0.4 is 15.8 Å². The number of rotatable bonds is 2. The minimum absolute atomic E-state index is 0.110. The van der Waals surface area contributed by atoms with E-state index in [0.717, 1.165) is 31.5 Å². The molecule has 0 atom stereocenters. The number of amides is 1. The Bertz CT molecular complexity index is 839. The van der Waals surface area contributed by atoms with Crippen LogP contribution in [0.15, 0.2) is 36.5 Å². The van der Waals surface area contributed by atoms with Gasteiger partial charge in [-0.2, -0.15) is 0 Å². The van der Waals surface area contributed by atoms with Crippen molar-refractivity contribution in [2.75, 3.05) is 13.1 Å². The number of carbonyl (C=O) groups excluding carboxylic acids is 2. The summed E-state index contributed by atoms with van der Waals surface area (Å²) >= 11 is 0. The summed E-state index contributed by atoms with van der Waals surface area (Å²) in [5.41, 5.74) is 7.32. The van der Waals surface area contributed by atoms with Crippen LogP contribution in [-0.4, -0.2) is 35.4 Å². The largest absolute Gasteiger partial charge is 0.486 e. The van der Waals surface area contributed by atoms with Crippen LogP contribution in [-0.2, 0) is 0 Å². The average Bonchev–Trinajstić information content (AvgIpc) is 2.62. The molecule has 128 valence electrons. The molecule has 25 heavy (non-hydrogen) atoms. The first-order valence-corrected chi connectivity index (χ1v) is 8.40. The number of benzene rings is 1. The van der Waals surface area contributed by atoms with Crippen LogP contribution in [0.3, 0.4) is 0 Å². The quantitative estimate of drug-likeness (QED) is 0.873. The normalized spacial score (nSPS) is 18.5. The first kappa shape index (κ1) is 15.8. The highest BCUT2D eigenvalue weighted by atomic mass is 16.5. The van der Waals surface area contributed by atoms with Crippen LogP contribution in [0.25, 0.3) is 11.3 Å². The van der Waals surface area contributed by atoms with Gasteiger partial charge in [-0.1, -0.05) is 0 Å². The smallest absolute Gasteiger partial charge is 0.250 e. The molecule has 1 aromatic carbocycles. The van der Waals surface area contributed by atoms with E-state index in [0.29, 0.717) is 29.0 Å². The molecule has 2 aliphatic heterocycles. The Hall–Kier alpha value is -2.73. The summed E-state index contributed by atoms with van der Waals surface area (Å²) in [5.74, 6) is 0.245. The van der Waals surface area contributed by atoms with Gasteiger partial charge >= 0.3 is 0 Å². The number of carbonyl (C=O) groups is 2. The zero-order chi connectivity index (χ0) is 17.4. The maximum absolute atomic E-state index is 12.7. The highest BCUT2D eigenvalue weighted by Gasteiger charge is 2.41. The van der Waals surface area contributed by atoms with Gasteiger partial charge in [-0.15, -0.1) is 0 Å². The van der Waals surface area contributed by atoms with E-state index in [9.17, 15) is 9.59 Å². The third-order valence-corrected chi connectivity index (χ3v) is 4.95. The second-order valence-corrected chi connectivity index (χ2v) is 6.64. The number of piperidine rings is 1. The Morgan fingerprint density at radius 1 is 1.20 bits per heavy atom. The molecule has 6 nitrogen and oxygen atoms in total. The lowest BCUT2D eigenvalue weighted by Crippen LogP contribution is -2.49. The molecule has 1 saturated heterocycles. The van der Waals surface area contributed by atoms with E-state index in [-0.39, 0.29) is 11.4 Å². The van der Waals surface area contributed by atoms with E-state index in [1.807, 2.05) is 18.2 Å². The van der Waals surface area contributed by atoms with Crippen molar-refractivity contribution in [1.29, 1.82) is 0 Å². The van der Waals surface area contributed by atoms with Crippen LogP contribution in [0.1, 0.15) is 40.0 Å². The molecule has 0 bridgehead atoms. The highest BCUT2D eigenvalue weighted by Crippen LogP contribution is 2.39. The number of primary amides is 1. The molecule has 0 saturated carbocycles. The number of pyridine rings is 1. The highest BCUT2D eigenvalue weighted by molar-refractivity contribution is 6.01. The molecule has 6 heteroatoms. The van der Waals surface area contributed by atoms with Crippen molar-refractivity contribution < 1.29 is 14.3 Å². The summed E-state index contributed by atoms with van der Waals surface area (Å²) in [6, 6.07) is 8.91. The summed E-state index contributed by atoms with van der Waals surface area (Å²) in [6.07, 6.45) is 3.55. The first-order chi connectivity index (χ1) is 12.1. The Morgan fingerprint density at radius 2 is 2.00 bits per heavy atom. The minimum atomic E-state index is -0.514. The maximum atomic E-state index is 12.7. The topological polar surface area (TPSA) is 94.3 Å². The molecule has 4 rings (SSSR count). The van der Waals surface area contributed by atoms with E-state index in [1.165, 1.54) is 6.20 Å². The Morgan fingerprint density at radius 3 is 2.68 bits per heavy atom. The van der Waals surface area contributed by atoms with E-state index in [4.69, 9.17) is 10.5 Å². The van der Waals surface area contributed by atoms with E-state index < -0.39 is 5.91 Å². The molecule has 3 heterocycles. The van der Waals surface area contributed by atoms with Gasteiger partial charge in [0.1, 0.15) is 11.4 Å². The number of ketones is 1. The summed E-state index contributed by atoms with van der Waals surface area (Å²) in [6.45, 7) is 1.74. The molecule has 0 aliphatic carbocycles. The van der Waals surface area contributed by atoms with Gasteiger partial charge in [-0.25, -0.2) is 0 Å². The summed E-state index contributed by atoms with van der Waals surface area (Å²) < 4.78 is 6.23. The van der Waals surface area contributed by atoms with Crippen molar-refractivity contribution in [3.63, 3.8) is 0 Å². The van der Waals surface area contributed by atoms with Crippen LogP contribution >= 0.6 is 0 Å². The van der Waals surface area contributed by atoms with Crippen molar-refractivity contribution in [2.45, 2.75) is 24.9 Å². The Labute approximate surface area is 145 Å². The van der Waals surface area contributed by atoms with E-state index in [1.54, 1.807) is 12.1 Å². The SMILES string of the molecule is NC(=O)c1ccc(-c2ccc3c(c2)C(=O)CC2(CCNCC2)O3)nc1. The van der Waals surface area contributed by atoms with Crippen molar-refractivity contribution in [2.24, 2.45) is 5.73 Å². The summed E-state index contributed by atoms with van der Waals surface area (Å²) in [7, 11) is 0. The number of hydrogen-bond acceptors (Lipinski definition) is 5. The second-order valence-electron chi connectivity index (χ2n) is 6.64. The van der Waals surface area contributed by atoms with Gasteiger partial charge < -0.3 is 15.8 Å². The molecule has 2 aliphatic rings. The Balaban J connectivity index is 1.65. The van der Waals surface area contributed by atoms with Crippen molar-refractivity contribution in [1.82, 2.24) is 10.3 Å². The van der Waals surface area contributed by atoms with Gasteiger partial charge in [0.2, 0.25) is 5.91 Å². The van der Waals surface area contributed by atoms with Crippen LogP contribution in [0.2, 0.25) is 0 Å². The number of fused-ring (bicyclic) bond motifs is 1. The monoisotopic (exact) mass is 337 g/mol. The van der Waals surface area contributed by atoms with Gasteiger partial charge in [0.05, 0.1) is 23.2 Å². The molecule has 1 fully saturated rings. The number of ether oxygens (including phenoxy) is 1. The first-order valence-electron chi connectivity index (χ1n) is 8.40. The maximum Gasteiger partial charge on any atom is 0.250 e. The molecule has 0 radical (unpaired) electrons. The van der Waals surface area contributed by atoms with Gasteiger partial charge in [0.25, 0.3) is 0 Å². The lowest BCUT2D eigenvalue weighted by Gasteiger charge is -2.40. The fourth-order valence-electron chi connectivity index (χ4n) is 3.52. The van der Waals surface area contributed by atoms with E-state index >= 15 is 0 Å². The number of nitrogens with one attached hydrogen (secondary N) is 1. The van der Waals surface area contributed by atoms with E-state index in [2.05, 4.69) is 10.3 Å². The second kappa shape index (κ2) is 5.97. The fourth-order valence-corrected chi connectivity index (χ4v) is 3.52. The number of hydrogen-bond donors (Lipinski definition) is 2. The number of nitrogens with two attached hydrogens (primary N) is 1. The standard InChI is InChI=1S/C19H19N3O3/c20-18(24)13-1-3-15(22-11-13)12-2-4-17-14(9-12)16(23)10-19(25-17)5-7-21-8-6-19/h1-4,9,11,21H,5-8,10H2,(H2,20,24). The van der Waals surface area contributed by atoms with Crippen LogP contribution in [0.5, 0.6) is 5.75 Å². The molecule has 1 amide bonds. The number of Topliss-reactive ketones (excluding diaryl/α,β-unsaturated/α-hetero) is 1. The predicted molar refractivity (Wildman–Crippen MR) is 92.6 cm³/mol. The van der Waals surface area contributed by atoms with Crippen molar-refractivity contribution >= 4 is 11.7 Å². The number of nitrogens with zero attached hydrogens (tertiary/aromatic N) is 1. The van der Waals surface area contributed by atoms with Crippen LogP contribution in [0.4, 0.5) is 0 Å². The third kappa shape index (κ3) is 2.89. The minimum Gasteiger partial charge on any atom is -0.486 e. The zero-order valence-electron chi connectivity index (χ0n) is 13.7. The predicted octanol–water partition coefficient (Wildman–Crippen LogP) is 1.93. The van der Waals surface area contributed by atoms with Gasteiger partial charge in [0, 0.05) is 24.6 Å². The molecule has 0 unspecified atom stereocenters. The molecular formula is C19H19N3O3. The molecule has 2 aromatic rings. The molecular weight excluding hydrogens is 318 g/mol. The average molecular weight is 337 g/mol. The third-order valence-electron chi connectivity index (χ3n) is 4.95. The van der Waals surface area contributed by atoms with Gasteiger partial charge in [0.15, 0.2) is 5.78 Å². The lowest BCUT2D eigenvalue weighted by atomic mass is 9.82. The zero-order valence-corrected chi connectivity index (χ0v) is 13.7. The molecule has 1 aromatic heterocycles. The van der Waals surface area contributed by atoms with Crippen molar-refractivity contribution in [3.8, 4) is 17.0 Å². The Kier molecular flexibility index (Phi) is 3.77. The van der Waals surface area contributed by atoms with Crippen molar-refractivity contribution in [3.05, 3.63) is 47.7 Å². The van der Waals surface area contributed by atoms with Gasteiger partial charge in [-0.3, -0.25) is 14.6 Å². The summed E-state index contributed by atoms with van der Waals surface area (Å²) in [4.78, 5) is 28.1. The lowest BCUT2D eigenvalue weighted by molar-refractivity contribution is 0.0187. The fraction of sp³-hybridized carbons (Fsp3) is 0.316. The van der Waals surface area contributed by atoms with Gasteiger partial charge in [-0.05, 0) is 43.4 Å². The number of aromatic nitrogens is 1. The molecule has 1 spiro atoms. The summed E-state index contributed by atoms with van der Waals surface area (Å²) in [5, 5.41) is 3.31. The molecule has 3 N–H and O–H groups in total. The van der Waals surface area contributed by atoms with Crippen LogP contribution in [0, 0.1) is 0 Å².